The van der Waals surface area contributed by atoms with E-state index in [4.69, 9.17) is 16.3 Å². The highest BCUT2D eigenvalue weighted by molar-refractivity contribution is 7.90. The molecular formula is C39H34ClN5O7S. The lowest BCUT2D eigenvalue weighted by molar-refractivity contribution is -0.384. The first kappa shape index (κ1) is 36.7. The van der Waals surface area contributed by atoms with E-state index in [0.717, 1.165) is 74.4 Å². The van der Waals surface area contributed by atoms with E-state index >= 15 is 0 Å². The van der Waals surface area contributed by atoms with Crippen molar-refractivity contribution < 1.29 is 27.7 Å². The van der Waals surface area contributed by atoms with Gasteiger partial charge in [-0.3, -0.25) is 24.7 Å². The lowest BCUT2D eigenvalue weighted by Crippen LogP contribution is -2.30. The van der Waals surface area contributed by atoms with E-state index in [2.05, 4.69) is 15.3 Å². The zero-order chi connectivity index (χ0) is 37.9. The third-order valence-electron chi connectivity index (χ3n) is 8.71. The Balaban J connectivity index is 1.22. The van der Waals surface area contributed by atoms with Crippen LogP contribution in [0.1, 0.15) is 49.7 Å². The van der Waals surface area contributed by atoms with Crippen LogP contribution < -0.4 is 14.8 Å². The number of carbonyl (C=O) groups is 2. The minimum absolute atomic E-state index is 0.0161. The Bertz CT molecular complexity index is 2460. The number of H-pyrrole nitrogens is 1. The molecule has 2 heterocycles. The second-order valence-electron chi connectivity index (χ2n) is 12.4. The number of sulfonamides is 1. The molecule has 6 aromatic rings. The smallest absolute Gasteiger partial charge is 0.272 e. The highest BCUT2D eigenvalue weighted by atomic mass is 35.5. The summed E-state index contributed by atoms with van der Waals surface area (Å²) in [6.07, 6.45) is 2.86. The average molecular weight is 752 g/mol. The number of anilines is 1. The third kappa shape index (κ3) is 8.06. The predicted molar refractivity (Wildman–Crippen MR) is 203 cm³/mol. The highest BCUT2D eigenvalue weighted by Crippen LogP contribution is 2.34. The van der Waals surface area contributed by atoms with Gasteiger partial charge in [-0.05, 0) is 105 Å². The minimum atomic E-state index is -4.30. The van der Waals surface area contributed by atoms with E-state index in [9.17, 15) is 28.1 Å². The highest BCUT2D eigenvalue weighted by Gasteiger charge is 2.22. The molecular weight excluding hydrogens is 718 g/mol. The molecule has 0 saturated carbocycles. The number of nitro benzene ring substituents is 1. The number of nitrogens with one attached hydrogen (secondary N) is 3. The van der Waals surface area contributed by atoms with Crippen LogP contribution in [0.2, 0.25) is 5.02 Å². The number of rotatable bonds is 12. The summed E-state index contributed by atoms with van der Waals surface area (Å²) in [4.78, 5) is 44.5. The third-order valence-corrected chi connectivity index (χ3v) is 10.6. The van der Waals surface area contributed by atoms with E-state index in [1.54, 1.807) is 6.20 Å². The molecule has 0 bridgehead atoms. The summed E-state index contributed by atoms with van der Waals surface area (Å²) in [5, 5.41) is 15.4. The molecule has 0 spiro atoms. The maximum Gasteiger partial charge on any atom is 0.272 e. The zero-order valence-electron chi connectivity index (χ0n) is 28.9. The molecule has 0 aliphatic heterocycles. The molecule has 14 heteroatoms. The van der Waals surface area contributed by atoms with Gasteiger partial charge in [0.1, 0.15) is 11.4 Å². The number of aryl methyl sites for hydroxylation is 4. The van der Waals surface area contributed by atoms with E-state index in [-0.39, 0.29) is 16.1 Å². The molecule has 0 atom stereocenters. The topological polar surface area (TPSA) is 173 Å². The van der Waals surface area contributed by atoms with E-state index < -0.39 is 26.8 Å². The number of hydrogen-bond acceptors (Lipinski definition) is 8. The van der Waals surface area contributed by atoms with Crippen molar-refractivity contribution in [2.45, 2.75) is 38.5 Å². The Morgan fingerprint density at radius 3 is 2.25 bits per heavy atom. The Labute approximate surface area is 310 Å². The number of aromatic nitrogens is 2. The Hall–Kier alpha value is -6.05. The van der Waals surface area contributed by atoms with Gasteiger partial charge in [0, 0.05) is 56.8 Å². The number of nitro groups is 1. The van der Waals surface area contributed by atoms with Crippen molar-refractivity contribution >= 4 is 55.7 Å². The number of ether oxygens (including phenoxy) is 1. The van der Waals surface area contributed by atoms with Gasteiger partial charge in [-0.2, -0.15) is 0 Å². The van der Waals surface area contributed by atoms with Crippen LogP contribution in [0.4, 0.5) is 11.4 Å². The second-order valence-corrected chi connectivity index (χ2v) is 14.4. The quantitative estimate of drug-likeness (QED) is 0.0639. The summed E-state index contributed by atoms with van der Waals surface area (Å²) in [7, 11) is -4.30. The molecule has 0 unspecified atom stereocenters. The first-order valence-corrected chi connectivity index (χ1v) is 18.4. The van der Waals surface area contributed by atoms with Crippen LogP contribution >= 0.6 is 11.6 Å². The number of hydrogen-bond donors (Lipinski definition) is 3. The van der Waals surface area contributed by atoms with Crippen LogP contribution in [0.15, 0.2) is 102 Å². The lowest BCUT2D eigenvalue weighted by atomic mass is 9.99. The number of non-ortho nitro benzene ring substituents is 1. The number of aromatic amines is 1. The zero-order valence-corrected chi connectivity index (χ0v) is 30.5. The Kier molecular flexibility index (Phi) is 10.6. The van der Waals surface area contributed by atoms with E-state index in [1.165, 1.54) is 24.3 Å². The van der Waals surface area contributed by atoms with Crippen LogP contribution in [0.25, 0.3) is 22.0 Å². The Morgan fingerprint density at radius 2 is 1.58 bits per heavy atom. The number of fused-ring (bicyclic) bond motifs is 1. The molecule has 53 heavy (non-hydrogen) atoms. The molecule has 2 aromatic heterocycles. The minimum Gasteiger partial charge on any atom is -0.494 e. The molecule has 0 radical (unpaired) electrons. The first-order chi connectivity index (χ1) is 25.3. The van der Waals surface area contributed by atoms with Crippen molar-refractivity contribution in [2.75, 3.05) is 11.9 Å². The molecule has 0 aliphatic carbocycles. The average Bonchev–Trinajstić information content (AvgIpc) is 3.51. The van der Waals surface area contributed by atoms with Crippen molar-refractivity contribution in [3.05, 3.63) is 146 Å². The van der Waals surface area contributed by atoms with Gasteiger partial charge in [0.2, 0.25) is 0 Å². The molecule has 4 aromatic carbocycles. The summed E-state index contributed by atoms with van der Waals surface area (Å²) in [5.41, 5.74) is 6.58. The van der Waals surface area contributed by atoms with Gasteiger partial charge in [0.25, 0.3) is 27.5 Å². The number of nitrogens with zero attached hydrogens (tertiary/aromatic N) is 2. The monoisotopic (exact) mass is 751 g/mol. The molecule has 12 nitrogen and oxygen atoms in total. The summed E-state index contributed by atoms with van der Waals surface area (Å²) in [6.45, 7) is 6.19. The van der Waals surface area contributed by atoms with E-state index in [0.29, 0.717) is 35.9 Å². The van der Waals surface area contributed by atoms with Crippen molar-refractivity contribution in [1.82, 2.24) is 14.7 Å². The molecule has 3 N–H and O–H groups in total. The van der Waals surface area contributed by atoms with Gasteiger partial charge in [-0.1, -0.05) is 35.9 Å². The van der Waals surface area contributed by atoms with Crippen LogP contribution in [-0.4, -0.2) is 41.7 Å². The maximum absolute atomic E-state index is 13.9. The predicted octanol–water partition coefficient (Wildman–Crippen LogP) is 8.10. The SMILES string of the molecule is Cc1cc(OCCCc2c(C(=O)Nc3ccc(C(=O)NS(=O)(=O)c4ccc([N+](=O)[O-])cc4)cc3)[nH]c3c(-c4cccnc4C)cccc23)cc(C)c1Cl. The van der Waals surface area contributed by atoms with Crippen molar-refractivity contribution in [3.63, 3.8) is 0 Å². The fourth-order valence-electron chi connectivity index (χ4n) is 6.03. The summed E-state index contributed by atoms with van der Waals surface area (Å²) < 4.78 is 33.5. The van der Waals surface area contributed by atoms with Gasteiger partial charge in [0.05, 0.1) is 21.9 Å². The van der Waals surface area contributed by atoms with Crippen LogP contribution in [0.5, 0.6) is 5.75 Å². The number of benzene rings is 4. The number of carbonyl (C=O) groups excluding carboxylic acids is 2. The van der Waals surface area contributed by atoms with Crippen molar-refractivity contribution in [1.29, 1.82) is 0 Å². The van der Waals surface area contributed by atoms with Gasteiger partial charge in [-0.15, -0.1) is 0 Å². The number of para-hydroxylation sites is 1. The first-order valence-electron chi connectivity index (χ1n) is 16.5. The molecule has 2 amide bonds. The fourth-order valence-corrected chi connectivity index (χ4v) is 7.12. The normalized spacial score (nSPS) is 11.3. The fraction of sp³-hybridized carbons (Fsp3) is 0.154. The molecule has 0 aliphatic rings. The van der Waals surface area contributed by atoms with Gasteiger partial charge < -0.3 is 15.0 Å². The molecule has 270 valence electrons. The lowest BCUT2D eigenvalue weighted by Gasteiger charge is -2.11. The molecule has 6 rings (SSSR count). The van der Waals surface area contributed by atoms with Crippen LogP contribution in [0, 0.1) is 30.9 Å². The second kappa shape index (κ2) is 15.3. The van der Waals surface area contributed by atoms with Gasteiger partial charge in [-0.25, -0.2) is 13.1 Å². The van der Waals surface area contributed by atoms with Crippen LogP contribution in [-0.2, 0) is 16.4 Å². The maximum atomic E-state index is 13.9. The number of amides is 2. The summed E-state index contributed by atoms with van der Waals surface area (Å²) in [5.74, 6) is -0.604. The molecule has 0 saturated heterocycles. The summed E-state index contributed by atoms with van der Waals surface area (Å²) in [6, 6.07) is 23.4. The van der Waals surface area contributed by atoms with Crippen molar-refractivity contribution in [2.24, 2.45) is 0 Å². The summed E-state index contributed by atoms with van der Waals surface area (Å²) >= 11 is 6.33. The van der Waals surface area contributed by atoms with Crippen LogP contribution in [0.3, 0.4) is 0 Å². The number of halogens is 1. The van der Waals surface area contributed by atoms with E-state index in [1.807, 2.05) is 68.0 Å². The number of pyridine rings is 1. The van der Waals surface area contributed by atoms with Crippen molar-refractivity contribution in [3.8, 4) is 16.9 Å². The largest absolute Gasteiger partial charge is 0.494 e. The standard InChI is InChI=1S/C39H34ClN5O7S/c1-23-21-29(22-24(2)35(23)40)52-20-6-10-34-33-8-4-7-32(31-9-5-19-41-25(31)3)36(33)43-37(34)39(47)42-27-13-11-26(12-14-27)38(46)44-53(50,51)30-17-15-28(16-18-30)45(48)49/h4-5,7-9,11-19,21-22,43H,6,10,20H2,1-3H3,(H,42,47)(H,44,46). The molecule has 0 fully saturated rings. The van der Waals surface area contributed by atoms with Gasteiger partial charge >= 0.3 is 0 Å². The van der Waals surface area contributed by atoms with Gasteiger partial charge in [0.15, 0.2) is 0 Å². The Morgan fingerprint density at radius 1 is 0.906 bits per heavy atom.